The maximum absolute atomic E-state index is 5.23. The van der Waals surface area contributed by atoms with E-state index in [4.69, 9.17) is 4.74 Å². The van der Waals surface area contributed by atoms with E-state index in [1.165, 1.54) is 11.1 Å². The molecule has 0 aliphatic rings. The number of pyridine rings is 1. The zero-order chi connectivity index (χ0) is 12.8. The van der Waals surface area contributed by atoms with Crippen molar-refractivity contribution < 1.29 is 4.74 Å². The van der Waals surface area contributed by atoms with Gasteiger partial charge in [0, 0.05) is 25.0 Å². The molecule has 1 atom stereocenters. The van der Waals surface area contributed by atoms with E-state index in [9.17, 15) is 0 Å². The zero-order valence-electron chi connectivity index (χ0n) is 10.8. The van der Waals surface area contributed by atoms with Crippen LogP contribution < -0.4 is 10.1 Å². The Bertz CT molecular complexity index is 485. The fourth-order valence-corrected chi connectivity index (χ4v) is 1.80. The first-order valence-electron chi connectivity index (χ1n) is 6.06. The molecule has 2 aromatic rings. The normalized spacial score (nSPS) is 12.1. The molecule has 1 aromatic heterocycles. The van der Waals surface area contributed by atoms with Crippen molar-refractivity contribution in [3.63, 3.8) is 0 Å². The van der Waals surface area contributed by atoms with Crippen molar-refractivity contribution in [1.29, 1.82) is 0 Å². The molecule has 0 saturated carbocycles. The van der Waals surface area contributed by atoms with Crippen LogP contribution in [0.25, 0.3) is 0 Å². The van der Waals surface area contributed by atoms with Gasteiger partial charge in [-0.3, -0.25) is 4.98 Å². The molecule has 0 radical (unpaired) electrons. The van der Waals surface area contributed by atoms with Crippen LogP contribution in [0.1, 0.15) is 24.1 Å². The number of nitrogens with one attached hydrogen (secondary N) is 1. The summed E-state index contributed by atoms with van der Waals surface area (Å²) in [6.45, 7) is 2.98. The van der Waals surface area contributed by atoms with Crippen molar-refractivity contribution in [2.24, 2.45) is 0 Å². The fraction of sp³-hybridized carbons (Fsp3) is 0.267. The summed E-state index contributed by atoms with van der Waals surface area (Å²) in [6.07, 6.45) is 3.63. The first-order chi connectivity index (χ1) is 8.79. The summed E-state index contributed by atoms with van der Waals surface area (Å²) in [6, 6.07) is 12.5. The number of benzene rings is 1. The fourth-order valence-electron chi connectivity index (χ4n) is 1.80. The molecule has 1 N–H and O–H groups in total. The van der Waals surface area contributed by atoms with Crippen molar-refractivity contribution >= 4 is 0 Å². The van der Waals surface area contributed by atoms with Gasteiger partial charge in [0.15, 0.2) is 0 Å². The van der Waals surface area contributed by atoms with Gasteiger partial charge in [0.05, 0.1) is 7.11 Å². The molecule has 18 heavy (non-hydrogen) atoms. The van der Waals surface area contributed by atoms with Gasteiger partial charge in [0.2, 0.25) is 0 Å². The molecule has 0 amide bonds. The molecule has 1 aromatic carbocycles. The van der Waals surface area contributed by atoms with Crippen LogP contribution in [-0.4, -0.2) is 12.1 Å². The van der Waals surface area contributed by atoms with Gasteiger partial charge < -0.3 is 10.1 Å². The van der Waals surface area contributed by atoms with Gasteiger partial charge in [0.25, 0.3) is 0 Å². The van der Waals surface area contributed by atoms with E-state index < -0.39 is 0 Å². The van der Waals surface area contributed by atoms with E-state index in [-0.39, 0.29) is 6.04 Å². The minimum absolute atomic E-state index is 0.285. The molecule has 1 heterocycles. The lowest BCUT2D eigenvalue weighted by molar-refractivity contribution is 0.413. The maximum Gasteiger partial charge on any atom is 0.119 e. The van der Waals surface area contributed by atoms with Crippen LogP contribution >= 0.6 is 0 Å². The van der Waals surface area contributed by atoms with Gasteiger partial charge >= 0.3 is 0 Å². The third kappa shape index (κ3) is 3.31. The van der Waals surface area contributed by atoms with Crippen LogP contribution in [0.4, 0.5) is 0 Å². The first kappa shape index (κ1) is 12.6. The lowest BCUT2D eigenvalue weighted by Crippen LogP contribution is -2.18. The lowest BCUT2D eigenvalue weighted by atomic mass is 10.1. The first-order valence-corrected chi connectivity index (χ1v) is 6.06. The number of nitrogens with zero attached hydrogens (tertiary/aromatic N) is 1. The molecule has 0 fully saturated rings. The second kappa shape index (κ2) is 6.17. The van der Waals surface area contributed by atoms with Gasteiger partial charge in [-0.05, 0) is 42.3 Å². The summed E-state index contributed by atoms with van der Waals surface area (Å²) in [5.41, 5.74) is 2.46. The van der Waals surface area contributed by atoms with E-state index in [0.717, 1.165) is 12.3 Å². The highest BCUT2D eigenvalue weighted by molar-refractivity contribution is 5.30. The third-order valence-corrected chi connectivity index (χ3v) is 2.96. The van der Waals surface area contributed by atoms with Crippen LogP contribution in [0.2, 0.25) is 0 Å². The van der Waals surface area contributed by atoms with Crippen LogP contribution in [0, 0.1) is 0 Å². The van der Waals surface area contributed by atoms with Gasteiger partial charge in [-0.15, -0.1) is 0 Å². The van der Waals surface area contributed by atoms with E-state index >= 15 is 0 Å². The summed E-state index contributed by atoms with van der Waals surface area (Å²) in [5, 5.41) is 3.48. The van der Waals surface area contributed by atoms with E-state index in [1.807, 2.05) is 36.7 Å². The van der Waals surface area contributed by atoms with Crippen LogP contribution in [0.3, 0.4) is 0 Å². The highest BCUT2D eigenvalue weighted by Crippen LogP contribution is 2.18. The monoisotopic (exact) mass is 242 g/mol. The molecule has 3 heteroatoms. The third-order valence-electron chi connectivity index (χ3n) is 2.96. The number of hydrogen-bond donors (Lipinski definition) is 1. The van der Waals surface area contributed by atoms with Crippen LogP contribution in [0.15, 0.2) is 48.8 Å². The molecule has 0 aliphatic heterocycles. The van der Waals surface area contributed by atoms with Gasteiger partial charge in [0.1, 0.15) is 5.75 Å². The summed E-state index contributed by atoms with van der Waals surface area (Å²) in [7, 11) is 1.69. The second-order valence-electron chi connectivity index (χ2n) is 4.23. The lowest BCUT2D eigenvalue weighted by Gasteiger charge is -2.15. The molecular weight excluding hydrogens is 224 g/mol. The minimum Gasteiger partial charge on any atom is -0.497 e. The molecule has 94 valence electrons. The summed E-state index contributed by atoms with van der Waals surface area (Å²) in [5.74, 6) is 0.894. The molecule has 0 bridgehead atoms. The highest BCUT2D eigenvalue weighted by Gasteiger charge is 2.05. The number of hydrogen-bond acceptors (Lipinski definition) is 3. The average Bonchev–Trinajstić information content (AvgIpc) is 2.46. The Kier molecular flexibility index (Phi) is 4.31. The predicted molar refractivity (Wildman–Crippen MR) is 72.5 cm³/mol. The average molecular weight is 242 g/mol. The Hall–Kier alpha value is -1.87. The van der Waals surface area contributed by atoms with Gasteiger partial charge in [-0.1, -0.05) is 12.1 Å². The van der Waals surface area contributed by atoms with E-state index in [0.29, 0.717) is 0 Å². The molecular formula is C15H18N2O. The number of ether oxygens (including phenoxy) is 1. The smallest absolute Gasteiger partial charge is 0.119 e. The predicted octanol–water partition coefficient (Wildman–Crippen LogP) is 2.94. The Morgan fingerprint density at radius 1 is 1.22 bits per heavy atom. The van der Waals surface area contributed by atoms with Crippen molar-refractivity contribution in [1.82, 2.24) is 10.3 Å². The summed E-state index contributed by atoms with van der Waals surface area (Å²) in [4.78, 5) is 4.01. The quantitative estimate of drug-likeness (QED) is 0.875. The second-order valence-corrected chi connectivity index (χ2v) is 4.23. The van der Waals surface area contributed by atoms with Crippen molar-refractivity contribution in [3.8, 4) is 5.75 Å². The number of aromatic nitrogens is 1. The Balaban J connectivity index is 1.97. The molecule has 0 aliphatic carbocycles. The van der Waals surface area contributed by atoms with E-state index in [2.05, 4.69) is 29.4 Å². The molecule has 3 nitrogen and oxygen atoms in total. The van der Waals surface area contributed by atoms with Crippen LogP contribution in [0.5, 0.6) is 5.75 Å². The van der Waals surface area contributed by atoms with E-state index in [1.54, 1.807) is 7.11 Å². The Morgan fingerprint density at radius 2 is 2.00 bits per heavy atom. The van der Waals surface area contributed by atoms with Crippen molar-refractivity contribution in [3.05, 3.63) is 59.9 Å². The Labute approximate surface area is 108 Å². The van der Waals surface area contributed by atoms with Crippen molar-refractivity contribution in [2.45, 2.75) is 19.5 Å². The van der Waals surface area contributed by atoms with Gasteiger partial charge in [-0.2, -0.15) is 0 Å². The minimum atomic E-state index is 0.285. The molecule has 0 saturated heterocycles. The standard InChI is InChI=1S/C15H18N2O/c1-12(14-4-3-5-15(10-14)18-2)17-11-13-6-8-16-9-7-13/h3-10,12,17H,11H2,1-2H3/t12-/m0/s1. The molecule has 2 rings (SSSR count). The zero-order valence-corrected chi connectivity index (χ0v) is 10.8. The van der Waals surface area contributed by atoms with Gasteiger partial charge in [-0.25, -0.2) is 0 Å². The SMILES string of the molecule is COc1cccc([C@H](C)NCc2ccncc2)c1. The largest absolute Gasteiger partial charge is 0.497 e. The molecule has 0 spiro atoms. The maximum atomic E-state index is 5.23. The topological polar surface area (TPSA) is 34.1 Å². The van der Waals surface area contributed by atoms with Crippen LogP contribution in [-0.2, 0) is 6.54 Å². The summed E-state index contributed by atoms with van der Waals surface area (Å²) >= 11 is 0. The Morgan fingerprint density at radius 3 is 2.72 bits per heavy atom. The van der Waals surface area contributed by atoms with Crippen molar-refractivity contribution in [2.75, 3.05) is 7.11 Å². The number of rotatable bonds is 5. The molecule has 0 unspecified atom stereocenters. The highest BCUT2D eigenvalue weighted by atomic mass is 16.5. The number of methoxy groups -OCH3 is 1. The summed E-state index contributed by atoms with van der Waals surface area (Å²) < 4.78 is 5.23.